The Kier molecular flexibility index (Phi) is 5.75. The van der Waals surface area contributed by atoms with Crippen LogP contribution in [0, 0.1) is 11.8 Å². The van der Waals surface area contributed by atoms with Gasteiger partial charge in [-0.05, 0) is 0 Å². The molecule has 1 amide bonds. The van der Waals surface area contributed by atoms with Crippen molar-refractivity contribution in [2.24, 2.45) is 11.8 Å². The van der Waals surface area contributed by atoms with Gasteiger partial charge < -0.3 is 0 Å². The van der Waals surface area contributed by atoms with Crippen LogP contribution in [0.3, 0.4) is 0 Å². The number of carbonyl (C=O) groups excluding carboxylic acids is 1. The molecule has 0 saturated carbocycles. The molecule has 4 N–H and O–H groups in total. The van der Waals surface area contributed by atoms with Crippen molar-refractivity contribution in [1.29, 1.82) is 0 Å². The molecule has 6 atom stereocenters. The Morgan fingerprint density at radius 2 is 1.91 bits per heavy atom. The summed E-state index contributed by atoms with van der Waals surface area (Å²) < 4.78 is 28.4. The van der Waals surface area contributed by atoms with Crippen molar-refractivity contribution < 1.29 is 42.9 Å². The second kappa shape index (κ2) is 8.22. The maximum absolute atomic E-state index is 13.0. The number of rotatable bonds is 7. The van der Waals surface area contributed by atoms with Crippen LogP contribution < -0.4 is 5.32 Å². The third-order valence-electron chi connectivity index (χ3n) is 6.89. The van der Waals surface area contributed by atoms with Gasteiger partial charge in [0.1, 0.15) is 0 Å². The number of ether oxygens (including phenoxy) is 2. The fourth-order valence-corrected chi connectivity index (χ4v) is 7.61. The van der Waals surface area contributed by atoms with Crippen molar-refractivity contribution in [3.05, 3.63) is 35.0 Å². The summed E-state index contributed by atoms with van der Waals surface area (Å²) in [6.07, 6.45) is 5.61. The fraction of sp³-hybridized carbons (Fsp3) is 0.682. The second-order valence-corrected chi connectivity index (χ2v) is 12.5. The van der Waals surface area contributed by atoms with Gasteiger partial charge in [0.05, 0.1) is 0 Å². The summed E-state index contributed by atoms with van der Waals surface area (Å²) in [7, 11) is -4.45. The first-order valence-electron chi connectivity index (χ1n) is 11.6. The quantitative estimate of drug-likeness (QED) is 0.243. The number of allylic oxidation sites excluding steroid dienone is 1. The molecule has 5 aliphatic rings. The van der Waals surface area contributed by atoms with Crippen molar-refractivity contribution in [3.8, 4) is 0 Å². The van der Waals surface area contributed by atoms with E-state index < -0.39 is 49.6 Å². The minimum atomic E-state index is -4.45. The van der Waals surface area contributed by atoms with E-state index in [-0.39, 0.29) is 24.9 Å². The van der Waals surface area contributed by atoms with Crippen molar-refractivity contribution in [1.82, 2.24) is 5.32 Å². The molecule has 2 aliphatic carbocycles. The SMILES string of the molecule is CCCCCCCOP1(C)(O)O[C@@H]2[C@H](O1)[C@@H](O)C=C1C3C=C4OCOC4=C(O)C3C(=O)N[C@H]12. The summed E-state index contributed by atoms with van der Waals surface area (Å²) >= 11 is 0. The zero-order chi connectivity index (χ0) is 23.4. The van der Waals surface area contributed by atoms with Gasteiger partial charge in [0.15, 0.2) is 0 Å². The summed E-state index contributed by atoms with van der Waals surface area (Å²) in [4.78, 5) is 24.3. The van der Waals surface area contributed by atoms with E-state index in [0.29, 0.717) is 11.3 Å². The van der Waals surface area contributed by atoms with Crippen LogP contribution in [0.2, 0.25) is 0 Å². The average molecular weight is 485 g/mol. The molecule has 3 fully saturated rings. The van der Waals surface area contributed by atoms with E-state index in [2.05, 4.69) is 12.2 Å². The Labute approximate surface area is 192 Å². The van der Waals surface area contributed by atoms with Crippen LogP contribution in [-0.4, -0.2) is 65.4 Å². The molecule has 0 aromatic heterocycles. The molecule has 184 valence electrons. The summed E-state index contributed by atoms with van der Waals surface area (Å²) in [5, 5.41) is 24.4. The van der Waals surface area contributed by atoms with Gasteiger partial charge in [0, 0.05) is 0 Å². The van der Waals surface area contributed by atoms with Crippen LogP contribution in [0.4, 0.5) is 0 Å². The van der Waals surface area contributed by atoms with Gasteiger partial charge in [-0.2, -0.15) is 0 Å². The summed E-state index contributed by atoms with van der Waals surface area (Å²) in [6.45, 7) is 3.78. The minimum absolute atomic E-state index is 0.0379. The number of carbonyl (C=O) groups is 1. The predicted octanol–water partition coefficient (Wildman–Crippen LogP) is 2.30. The molecule has 5 rings (SSSR count). The number of aliphatic hydroxyl groups excluding tert-OH is 2. The molecule has 0 radical (unpaired) electrons. The summed E-state index contributed by atoms with van der Waals surface area (Å²) in [6, 6.07) is -0.662. The molecule has 3 aliphatic heterocycles. The van der Waals surface area contributed by atoms with Crippen LogP contribution in [0.5, 0.6) is 0 Å². The predicted molar refractivity (Wildman–Crippen MR) is 117 cm³/mol. The van der Waals surface area contributed by atoms with Gasteiger partial charge in [-0.1, -0.05) is 0 Å². The van der Waals surface area contributed by atoms with E-state index in [1.807, 2.05) is 0 Å². The van der Waals surface area contributed by atoms with Crippen LogP contribution in [-0.2, 0) is 27.8 Å². The molecular weight excluding hydrogens is 453 g/mol. The van der Waals surface area contributed by atoms with E-state index in [1.165, 1.54) is 6.66 Å². The first kappa shape index (κ1) is 23.1. The molecule has 0 aromatic rings. The average Bonchev–Trinajstić information content (AvgIpc) is 3.35. The number of hydrogen-bond acceptors (Lipinski definition) is 9. The van der Waals surface area contributed by atoms with E-state index in [4.69, 9.17) is 23.0 Å². The van der Waals surface area contributed by atoms with Crippen LogP contribution in [0.15, 0.2) is 35.0 Å². The number of hydrogen-bond donors (Lipinski definition) is 4. The zero-order valence-corrected chi connectivity index (χ0v) is 19.7. The molecule has 0 spiro atoms. The number of aliphatic hydroxyl groups is 2. The Morgan fingerprint density at radius 1 is 1.15 bits per heavy atom. The van der Waals surface area contributed by atoms with Crippen molar-refractivity contribution in [3.63, 3.8) is 0 Å². The normalized spacial score (nSPS) is 38.8. The standard InChI is InChI=1S/C22H32NO9P/c1-3-4-5-6-7-8-30-33(2,27)31-19-14(24)9-13-12-10-15-20(29-11-28-15)18(25)16(12)22(26)23-17(13)21(19)32-33/h9-10,12,14,16-17,19,21,24-25,27H,3-8,11H2,1-2H3,(H,23,26)/t12?,14-,16?,17+,19+,21-/m0/s1. The van der Waals surface area contributed by atoms with E-state index in [9.17, 15) is 19.9 Å². The Hall–Kier alpha value is -1.68. The first-order valence-corrected chi connectivity index (χ1v) is 14.0. The zero-order valence-electron chi connectivity index (χ0n) is 18.8. The Balaban J connectivity index is 1.35. The fourth-order valence-electron chi connectivity index (χ4n) is 5.31. The van der Waals surface area contributed by atoms with Crippen molar-refractivity contribution >= 4 is 13.4 Å². The molecule has 10 nitrogen and oxygen atoms in total. The van der Waals surface area contributed by atoms with Gasteiger partial charge in [-0.15, -0.1) is 0 Å². The van der Waals surface area contributed by atoms with E-state index in [1.54, 1.807) is 12.2 Å². The molecule has 3 heterocycles. The van der Waals surface area contributed by atoms with E-state index in [0.717, 1.165) is 32.1 Å². The molecule has 0 bridgehead atoms. The molecular formula is C22H32NO9P. The Bertz CT molecular complexity index is 929. The van der Waals surface area contributed by atoms with Gasteiger partial charge >= 0.3 is 192 Å². The van der Waals surface area contributed by atoms with Gasteiger partial charge in [-0.25, -0.2) is 0 Å². The number of piperidine rings is 1. The monoisotopic (exact) mass is 485 g/mol. The van der Waals surface area contributed by atoms with Crippen LogP contribution in [0.1, 0.15) is 39.0 Å². The number of amides is 1. The summed E-state index contributed by atoms with van der Waals surface area (Å²) in [5.74, 6) is -1.52. The number of unbranched alkanes of at least 4 members (excludes halogenated alkanes) is 4. The molecule has 33 heavy (non-hydrogen) atoms. The summed E-state index contributed by atoms with van der Waals surface area (Å²) in [5.41, 5.74) is 0.658. The second-order valence-electron chi connectivity index (χ2n) is 9.40. The van der Waals surface area contributed by atoms with Crippen LogP contribution in [0.25, 0.3) is 0 Å². The Morgan fingerprint density at radius 3 is 2.70 bits per heavy atom. The number of fused-ring (bicyclic) bond motifs is 6. The maximum atomic E-state index is 13.0. The molecule has 11 heteroatoms. The molecule has 3 saturated heterocycles. The van der Waals surface area contributed by atoms with Gasteiger partial charge in [0.2, 0.25) is 0 Å². The van der Waals surface area contributed by atoms with Crippen molar-refractivity contribution in [2.75, 3.05) is 20.1 Å². The van der Waals surface area contributed by atoms with E-state index >= 15 is 0 Å². The molecule has 0 aromatic carbocycles. The van der Waals surface area contributed by atoms with Crippen LogP contribution >= 0.6 is 7.51 Å². The topological polar surface area (TPSA) is 136 Å². The third-order valence-corrected chi connectivity index (χ3v) is 9.10. The van der Waals surface area contributed by atoms with Gasteiger partial charge in [0.25, 0.3) is 0 Å². The third kappa shape index (κ3) is 3.96. The number of nitrogens with one attached hydrogen (secondary N) is 1. The molecule has 2 unspecified atom stereocenters. The first-order chi connectivity index (χ1) is 15.7. The van der Waals surface area contributed by atoms with Gasteiger partial charge in [-0.3, -0.25) is 0 Å². The van der Waals surface area contributed by atoms with Crippen molar-refractivity contribution in [2.45, 2.75) is 63.4 Å².